The first-order chi connectivity index (χ1) is 8.63. The van der Waals surface area contributed by atoms with Crippen LogP contribution < -0.4 is 5.32 Å². The van der Waals surface area contributed by atoms with Crippen molar-refractivity contribution in [2.75, 3.05) is 19.6 Å². The zero-order valence-corrected chi connectivity index (χ0v) is 13.0. The molecular weight excluding hydrogens is 288 g/mol. The van der Waals surface area contributed by atoms with Gasteiger partial charge in [-0.1, -0.05) is 41.1 Å². The van der Waals surface area contributed by atoms with Gasteiger partial charge in [-0.25, -0.2) is 0 Å². The highest BCUT2D eigenvalue weighted by Gasteiger charge is 2.27. The van der Waals surface area contributed by atoms with Gasteiger partial charge in [0, 0.05) is 23.1 Å². The van der Waals surface area contributed by atoms with Crippen LogP contribution in [0.1, 0.15) is 32.3 Å². The van der Waals surface area contributed by atoms with Crippen LogP contribution in [0.4, 0.5) is 0 Å². The van der Waals surface area contributed by atoms with Crippen LogP contribution in [0, 0.1) is 0 Å². The molecule has 3 heteroatoms. The summed E-state index contributed by atoms with van der Waals surface area (Å²) in [6, 6.07) is 8.54. The molecule has 1 aliphatic heterocycles. The van der Waals surface area contributed by atoms with Crippen molar-refractivity contribution in [2.45, 2.75) is 38.8 Å². The van der Waals surface area contributed by atoms with Gasteiger partial charge in [-0.2, -0.15) is 0 Å². The van der Waals surface area contributed by atoms with E-state index in [0.29, 0.717) is 0 Å². The lowest BCUT2D eigenvalue weighted by atomic mass is 9.98. The van der Waals surface area contributed by atoms with Crippen molar-refractivity contribution in [2.24, 2.45) is 0 Å². The van der Waals surface area contributed by atoms with E-state index in [-0.39, 0.29) is 5.54 Å². The summed E-state index contributed by atoms with van der Waals surface area (Å²) in [7, 11) is 0. The standard InChI is InChI=1S/C15H23BrN2/c1-3-15(2)12-18(10-6-9-17-15)11-13-7-4-5-8-14(13)16/h4-5,7-8,17H,3,6,9-12H2,1-2H3. The topological polar surface area (TPSA) is 15.3 Å². The van der Waals surface area contributed by atoms with Crippen LogP contribution in [0.25, 0.3) is 0 Å². The van der Waals surface area contributed by atoms with Crippen LogP contribution >= 0.6 is 15.9 Å². The number of nitrogens with zero attached hydrogens (tertiary/aromatic N) is 1. The summed E-state index contributed by atoms with van der Waals surface area (Å²) in [6.45, 7) is 9.10. The normalized spacial score (nSPS) is 25.9. The molecule has 1 aliphatic rings. The number of hydrogen-bond acceptors (Lipinski definition) is 2. The predicted octanol–water partition coefficient (Wildman–Crippen LogP) is 3.41. The molecule has 1 aromatic carbocycles. The van der Waals surface area contributed by atoms with Crippen molar-refractivity contribution in [3.05, 3.63) is 34.3 Å². The van der Waals surface area contributed by atoms with E-state index in [0.717, 1.165) is 19.6 Å². The van der Waals surface area contributed by atoms with Gasteiger partial charge in [0.1, 0.15) is 0 Å². The summed E-state index contributed by atoms with van der Waals surface area (Å²) < 4.78 is 1.22. The lowest BCUT2D eigenvalue weighted by molar-refractivity contribution is 0.208. The molecule has 1 unspecified atom stereocenters. The van der Waals surface area contributed by atoms with Crippen LogP contribution in [0.2, 0.25) is 0 Å². The quantitative estimate of drug-likeness (QED) is 0.920. The van der Waals surface area contributed by atoms with Crippen molar-refractivity contribution < 1.29 is 0 Å². The highest BCUT2D eigenvalue weighted by atomic mass is 79.9. The second-order valence-corrected chi connectivity index (χ2v) is 6.35. The number of nitrogens with one attached hydrogen (secondary N) is 1. The summed E-state index contributed by atoms with van der Waals surface area (Å²) in [5.41, 5.74) is 1.65. The molecule has 18 heavy (non-hydrogen) atoms. The molecule has 2 rings (SSSR count). The Morgan fingerprint density at radius 1 is 1.39 bits per heavy atom. The van der Waals surface area contributed by atoms with Crippen molar-refractivity contribution in [3.8, 4) is 0 Å². The summed E-state index contributed by atoms with van der Waals surface area (Å²) in [4.78, 5) is 2.57. The van der Waals surface area contributed by atoms with Crippen LogP contribution in [0.3, 0.4) is 0 Å². The Kier molecular flexibility index (Phi) is 4.82. The maximum atomic E-state index is 3.68. The molecule has 100 valence electrons. The molecule has 2 nitrogen and oxygen atoms in total. The molecule has 0 amide bonds. The lowest BCUT2D eigenvalue weighted by Gasteiger charge is -2.32. The average molecular weight is 311 g/mol. The van der Waals surface area contributed by atoms with Gasteiger partial charge < -0.3 is 5.32 Å². The number of benzene rings is 1. The third-order valence-electron chi connectivity index (χ3n) is 3.91. The van der Waals surface area contributed by atoms with Gasteiger partial charge in [-0.15, -0.1) is 0 Å². The summed E-state index contributed by atoms with van der Waals surface area (Å²) in [5, 5.41) is 3.68. The molecule has 1 heterocycles. The number of halogens is 1. The lowest BCUT2D eigenvalue weighted by Crippen LogP contribution is -2.48. The fourth-order valence-electron chi connectivity index (χ4n) is 2.56. The Labute approximate surface area is 119 Å². The van der Waals surface area contributed by atoms with E-state index in [2.05, 4.69) is 64.3 Å². The second kappa shape index (κ2) is 6.18. The highest BCUT2D eigenvalue weighted by molar-refractivity contribution is 9.10. The molecule has 1 N–H and O–H groups in total. The molecule has 0 radical (unpaired) electrons. The van der Waals surface area contributed by atoms with Crippen molar-refractivity contribution in [1.82, 2.24) is 10.2 Å². The molecule has 0 bridgehead atoms. The van der Waals surface area contributed by atoms with Gasteiger partial charge in [0.05, 0.1) is 0 Å². The zero-order chi connectivity index (χ0) is 13.0. The molecule has 0 aliphatic carbocycles. The minimum Gasteiger partial charge on any atom is -0.310 e. The number of hydrogen-bond donors (Lipinski definition) is 1. The van der Waals surface area contributed by atoms with Gasteiger partial charge >= 0.3 is 0 Å². The monoisotopic (exact) mass is 310 g/mol. The molecule has 1 saturated heterocycles. The Bertz CT molecular complexity index is 394. The zero-order valence-electron chi connectivity index (χ0n) is 11.4. The van der Waals surface area contributed by atoms with E-state index in [9.17, 15) is 0 Å². The van der Waals surface area contributed by atoms with Crippen LogP contribution in [0.5, 0.6) is 0 Å². The van der Waals surface area contributed by atoms with Gasteiger partial charge in [0.15, 0.2) is 0 Å². The van der Waals surface area contributed by atoms with E-state index in [1.807, 2.05) is 0 Å². The Morgan fingerprint density at radius 2 is 2.17 bits per heavy atom. The largest absolute Gasteiger partial charge is 0.310 e. The first-order valence-electron chi connectivity index (χ1n) is 6.84. The maximum absolute atomic E-state index is 3.68. The molecule has 0 saturated carbocycles. The van der Waals surface area contributed by atoms with E-state index in [1.165, 1.54) is 29.4 Å². The van der Waals surface area contributed by atoms with E-state index in [4.69, 9.17) is 0 Å². The minimum absolute atomic E-state index is 0.262. The summed E-state index contributed by atoms with van der Waals surface area (Å²) >= 11 is 3.65. The van der Waals surface area contributed by atoms with Crippen LogP contribution in [-0.4, -0.2) is 30.1 Å². The van der Waals surface area contributed by atoms with Crippen molar-refractivity contribution in [1.29, 1.82) is 0 Å². The Morgan fingerprint density at radius 3 is 2.89 bits per heavy atom. The molecule has 1 fully saturated rings. The minimum atomic E-state index is 0.262. The first-order valence-corrected chi connectivity index (χ1v) is 7.63. The molecule has 1 atom stereocenters. The molecule has 0 aromatic heterocycles. The molecule has 0 spiro atoms. The Balaban J connectivity index is 2.06. The highest BCUT2D eigenvalue weighted by Crippen LogP contribution is 2.21. The second-order valence-electron chi connectivity index (χ2n) is 5.50. The number of rotatable bonds is 3. The molecule has 1 aromatic rings. The smallest absolute Gasteiger partial charge is 0.0277 e. The SMILES string of the molecule is CCC1(C)CN(Cc2ccccc2Br)CCCN1. The first kappa shape index (κ1) is 14.0. The summed E-state index contributed by atoms with van der Waals surface area (Å²) in [6.07, 6.45) is 2.42. The third-order valence-corrected chi connectivity index (χ3v) is 4.68. The van der Waals surface area contributed by atoms with E-state index in [1.54, 1.807) is 0 Å². The summed E-state index contributed by atoms with van der Waals surface area (Å²) in [5.74, 6) is 0. The van der Waals surface area contributed by atoms with Gasteiger partial charge in [-0.05, 0) is 44.5 Å². The van der Waals surface area contributed by atoms with Gasteiger partial charge in [0.25, 0.3) is 0 Å². The van der Waals surface area contributed by atoms with Crippen molar-refractivity contribution >= 4 is 15.9 Å². The average Bonchev–Trinajstić information content (AvgIpc) is 2.55. The van der Waals surface area contributed by atoms with Gasteiger partial charge in [0.2, 0.25) is 0 Å². The fraction of sp³-hybridized carbons (Fsp3) is 0.600. The van der Waals surface area contributed by atoms with Crippen LogP contribution in [0.15, 0.2) is 28.7 Å². The third kappa shape index (κ3) is 3.56. The van der Waals surface area contributed by atoms with Crippen molar-refractivity contribution in [3.63, 3.8) is 0 Å². The van der Waals surface area contributed by atoms with E-state index >= 15 is 0 Å². The maximum Gasteiger partial charge on any atom is 0.0277 e. The Hall–Kier alpha value is -0.380. The predicted molar refractivity (Wildman–Crippen MR) is 80.7 cm³/mol. The van der Waals surface area contributed by atoms with E-state index < -0.39 is 0 Å². The fourth-order valence-corrected chi connectivity index (χ4v) is 2.97. The molecular formula is C15H23BrN2. The van der Waals surface area contributed by atoms with Crippen LogP contribution in [-0.2, 0) is 6.54 Å². The van der Waals surface area contributed by atoms with Gasteiger partial charge in [-0.3, -0.25) is 4.90 Å².